The molecule has 0 unspecified atom stereocenters. The highest BCUT2D eigenvalue weighted by molar-refractivity contribution is 8.00. The lowest BCUT2D eigenvalue weighted by Gasteiger charge is -2.09. The zero-order chi connectivity index (χ0) is 17.8. The van der Waals surface area contributed by atoms with Crippen LogP contribution in [0.15, 0.2) is 35.6 Å². The Kier molecular flexibility index (Phi) is 5.55. The van der Waals surface area contributed by atoms with Crippen molar-refractivity contribution in [1.82, 2.24) is 9.97 Å². The Labute approximate surface area is 154 Å². The SMILES string of the molecule is COc1ccccc1COC(=O)CSc1ncnc2sc(C)c(C)c12. The van der Waals surface area contributed by atoms with E-state index in [1.165, 1.54) is 22.2 Å². The van der Waals surface area contributed by atoms with Crippen LogP contribution in [0.25, 0.3) is 10.2 Å². The van der Waals surface area contributed by atoms with Crippen molar-refractivity contribution in [3.63, 3.8) is 0 Å². The van der Waals surface area contributed by atoms with E-state index in [2.05, 4.69) is 23.8 Å². The fourth-order valence-electron chi connectivity index (χ4n) is 2.41. The molecule has 0 fully saturated rings. The van der Waals surface area contributed by atoms with Gasteiger partial charge in [-0.25, -0.2) is 9.97 Å². The molecule has 2 heterocycles. The van der Waals surface area contributed by atoms with E-state index in [-0.39, 0.29) is 18.3 Å². The first-order valence-corrected chi connectivity index (χ1v) is 9.51. The monoisotopic (exact) mass is 374 g/mol. The zero-order valence-corrected chi connectivity index (χ0v) is 15.9. The minimum absolute atomic E-state index is 0.194. The van der Waals surface area contributed by atoms with Crippen LogP contribution >= 0.6 is 23.1 Å². The molecule has 2 aromatic heterocycles. The molecule has 5 nitrogen and oxygen atoms in total. The summed E-state index contributed by atoms with van der Waals surface area (Å²) in [6, 6.07) is 7.49. The third-order valence-electron chi connectivity index (χ3n) is 3.84. The van der Waals surface area contributed by atoms with Gasteiger partial charge < -0.3 is 9.47 Å². The van der Waals surface area contributed by atoms with Crippen molar-refractivity contribution in [1.29, 1.82) is 0 Å². The number of hydrogen-bond donors (Lipinski definition) is 0. The second-order valence-electron chi connectivity index (χ2n) is 5.40. The van der Waals surface area contributed by atoms with E-state index in [0.29, 0.717) is 5.75 Å². The molecule has 0 aliphatic rings. The smallest absolute Gasteiger partial charge is 0.316 e. The average Bonchev–Trinajstić information content (AvgIpc) is 2.93. The molecule has 0 spiro atoms. The highest BCUT2D eigenvalue weighted by Gasteiger charge is 2.14. The van der Waals surface area contributed by atoms with E-state index >= 15 is 0 Å². The topological polar surface area (TPSA) is 61.3 Å². The molecular weight excluding hydrogens is 356 g/mol. The Bertz CT molecular complexity index is 908. The van der Waals surface area contributed by atoms with Crippen molar-refractivity contribution in [2.75, 3.05) is 12.9 Å². The first-order valence-electron chi connectivity index (χ1n) is 7.71. The van der Waals surface area contributed by atoms with Crippen LogP contribution in [-0.4, -0.2) is 28.8 Å². The molecule has 0 aliphatic carbocycles. The van der Waals surface area contributed by atoms with Crippen molar-refractivity contribution >= 4 is 39.3 Å². The molecule has 0 aliphatic heterocycles. The summed E-state index contributed by atoms with van der Waals surface area (Å²) in [4.78, 5) is 22.9. The molecule has 0 N–H and O–H groups in total. The lowest BCUT2D eigenvalue weighted by molar-refractivity contribution is -0.141. The lowest BCUT2D eigenvalue weighted by Crippen LogP contribution is -2.08. The van der Waals surface area contributed by atoms with Crippen LogP contribution < -0.4 is 4.74 Å². The van der Waals surface area contributed by atoms with E-state index < -0.39 is 0 Å². The number of para-hydroxylation sites is 1. The molecule has 7 heteroatoms. The van der Waals surface area contributed by atoms with Crippen molar-refractivity contribution in [2.24, 2.45) is 0 Å². The Morgan fingerprint density at radius 3 is 2.84 bits per heavy atom. The number of fused-ring (bicyclic) bond motifs is 1. The molecule has 0 radical (unpaired) electrons. The molecule has 130 valence electrons. The maximum Gasteiger partial charge on any atom is 0.316 e. The van der Waals surface area contributed by atoms with Gasteiger partial charge in [-0.2, -0.15) is 0 Å². The fraction of sp³-hybridized carbons (Fsp3) is 0.278. The number of methoxy groups -OCH3 is 1. The molecule has 0 saturated carbocycles. The van der Waals surface area contributed by atoms with E-state index in [4.69, 9.17) is 9.47 Å². The van der Waals surface area contributed by atoms with Crippen molar-refractivity contribution in [2.45, 2.75) is 25.5 Å². The number of rotatable bonds is 6. The van der Waals surface area contributed by atoms with Crippen molar-refractivity contribution in [3.8, 4) is 5.75 Å². The summed E-state index contributed by atoms with van der Waals surface area (Å²) in [6.45, 7) is 4.32. The van der Waals surface area contributed by atoms with Gasteiger partial charge >= 0.3 is 5.97 Å². The van der Waals surface area contributed by atoms with Gasteiger partial charge in [-0.05, 0) is 25.5 Å². The molecule has 3 rings (SSSR count). The molecule has 0 amide bonds. The predicted octanol–water partition coefficient (Wildman–Crippen LogP) is 4.15. The summed E-state index contributed by atoms with van der Waals surface area (Å²) in [5, 5.41) is 1.86. The fourth-order valence-corrected chi connectivity index (χ4v) is 4.32. The summed E-state index contributed by atoms with van der Waals surface area (Å²) in [5.74, 6) is 0.632. The standard InChI is InChI=1S/C18H18N2O3S2/c1-11-12(2)25-18-16(11)17(19-10-20-18)24-9-15(21)23-8-13-6-4-5-7-14(13)22-3/h4-7,10H,8-9H2,1-3H3. The maximum atomic E-state index is 12.1. The minimum Gasteiger partial charge on any atom is -0.496 e. The second kappa shape index (κ2) is 7.84. The van der Waals surface area contributed by atoms with Gasteiger partial charge in [-0.3, -0.25) is 4.79 Å². The number of benzene rings is 1. The average molecular weight is 374 g/mol. The predicted molar refractivity (Wildman–Crippen MR) is 100 cm³/mol. The molecule has 0 saturated heterocycles. The van der Waals surface area contributed by atoms with E-state index in [0.717, 1.165) is 20.8 Å². The first kappa shape index (κ1) is 17.7. The number of carbonyl (C=O) groups is 1. The number of thiophene rings is 1. The first-order chi connectivity index (χ1) is 12.1. The highest BCUT2D eigenvalue weighted by Crippen LogP contribution is 2.34. The number of ether oxygens (including phenoxy) is 2. The number of aromatic nitrogens is 2. The summed E-state index contributed by atoms with van der Waals surface area (Å²) in [5.41, 5.74) is 2.02. The minimum atomic E-state index is -0.285. The number of thioether (sulfide) groups is 1. The molecule has 25 heavy (non-hydrogen) atoms. The van der Waals surface area contributed by atoms with E-state index in [1.54, 1.807) is 24.8 Å². The number of nitrogens with zero attached hydrogens (tertiary/aromatic N) is 2. The molecule has 0 bridgehead atoms. The number of esters is 1. The van der Waals surface area contributed by atoms with Gasteiger partial charge in [0.05, 0.1) is 12.9 Å². The van der Waals surface area contributed by atoms with Crippen LogP contribution in [0.3, 0.4) is 0 Å². The second-order valence-corrected chi connectivity index (χ2v) is 7.57. The van der Waals surface area contributed by atoms with E-state index in [9.17, 15) is 4.79 Å². The van der Waals surface area contributed by atoms with Crippen LogP contribution in [0.4, 0.5) is 0 Å². The number of carbonyl (C=O) groups excluding carboxylic acids is 1. The third kappa shape index (κ3) is 3.93. The van der Waals surface area contributed by atoms with Crippen molar-refractivity contribution in [3.05, 3.63) is 46.6 Å². The quantitative estimate of drug-likeness (QED) is 0.367. The molecule has 3 aromatic rings. The van der Waals surface area contributed by atoms with Gasteiger partial charge in [0, 0.05) is 15.8 Å². The van der Waals surface area contributed by atoms with Gasteiger partial charge in [0.1, 0.15) is 28.5 Å². The van der Waals surface area contributed by atoms with Crippen molar-refractivity contribution < 1.29 is 14.3 Å². The Morgan fingerprint density at radius 2 is 2.04 bits per heavy atom. The van der Waals surface area contributed by atoms with Gasteiger partial charge in [0.25, 0.3) is 0 Å². The van der Waals surface area contributed by atoms with Crippen LogP contribution in [0, 0.1) is 13.8 Å². The molecule has 0 atom stereocenters. The maximum absolute atomic E-state index is 12.1. The summed E-state index contributed by atoms with van der Waals surface area (Å²) >= 11 is 3.02. The highest BCUT2D eigenvalue weighted by atomic mass is 32.2. The number of aryl methyl sites for hydroxylation is 2. The van der Waals surface area contributed by atoms with Crippen LogP contribution in [0.5, 0.6) is 5.75 Å². The third-order valence-corrected chi connectivity index (χ3v) is 5.92. The van der Waals surface area contributed by atoms with Gasteiger partial charge in [0.15, 0.2) is 0 Å². The van der Waals surface area contributed by atoms with Gasteiger partial charge in [-0.1, -0.05) is 30.0 Å². The molecule has 1 aromatic carbocycles. The van der Waals surface area contributed by atoms with E-state index in [1.807, 2.05) is 24.3 Å². The lowest BCUT2D eigenvalue weighted by atomic mass is 10.2. The summed E-state index contributed by atoms with van der Waals surface area (Å²) < 4.78 is 10.6. The number of hydrogen-bond acceptors (Lipinski definition) is 7. The Balaban J connectivity index is 1.63. The largest absolute Gasteiger partial charge is 0.496 e. The van der Waals surface area contributed by atoms with Crippen LogP contribution in [-0.2, 0) is 16.1 Å². The Morgan fingerprint density at radius 1 is 1.24 bits per heavy atom. The van der Waals surface area contributed by atoms with Gasteiger partial charge in [0.2, 0.25) is 0 Å². The molecular formula is C18H18N2O3S2. The van der Waals surface area contributed by atoms with Crippen LogP contribution in [0.2, 0.25) is 0 Å². The normalized spacial score (nSPS) is 10.8. The van der Waals surface area contributed by atoms with Gasteiger partial charge in [-0.15, -0.1) is 11.3 Å². The summed E-state index contributed by atoms with van der Waals surface area (Å²) in [7, 11) is 1.60. The summed E-state index contributed by atoms with van der Waals surface area (Å²) in [6.07, 6.45) is 1.54. The Hall–Kier alpha value is -2.12. The zero-order valence-electron chi connectivity index (χ0n) is 14.2. The van der Waals surface area contributed by atoms with Crippen LogP contribution in [0.1, 0.15) is 16.0 Å².